The van der Waals surface area contributed by atoms with Crippen LogP contribution in [0.4, 0.5) is 0 Å². The van der Waals surface area contributed by atoms with Crippen LogP contribution < -0.4 is 5.32 Å². The van der Waals surface area contributed by atoms with Crippen LogP contribution in [0.2, 0.25) is 0 Å². The van der Waals surface area contributed by atoms with E-state index in [1.807, 2.05) is 47.5 Å². The number of carbonyl (C=O) groups excluding carboxylic acids is 1. The molecule has 2 heterocycles. The second-order valence-corrected chi connectivity index (χ2v) is 4.90. The lowest BCUT2D eigenvalue weighted by atomic mass is 10.2. The number of thiophene rings is 1. The van der Waals surface area contributed by atoms with Gasteiger partial charge in [0.05, 0.1) is 18.3 Å². The monoisotopic (exact) mass is 264 g/mol. The van der Waals surface area contributed by atoms with Crippen molar-refractivity contribution < 1.29 is 9.90 Å². The lowest BCUT2D eigenvalue weighted by Gasteiger charge is -2.14. The van der Waals surface area contributed by atoms with Crippen LogP contribution in [0.25, 0.3) is 5.69 Å². The molecule has 0 fully saturated rings. The van der Waals surface area contributed by atoms with Crippen LogP contribution in [0.5, 0.6) is 0 Å². The molecule has 0 unspecified atom stereocenters. The number of amides is 1. The standard InChI is InChI=1S/C13H16N2O2S/c1-2-10(9-16)14-13(17)12-11(5-8-18-12)15-6-3-4-7-15/h3-8,10,16H,2,9H2,1H3,(H,14,17)/t10-/m1/s1. The first kappa shape index (κ1) is 12.9. The molecule has 4 nitrogen and oxygen atoms in total. The summed E-state index contributed by atoms with van der Waals surface area (Å²) in [6, 6.07) is 5.57. The van der Waals surface area contributed by atoms with E-state index < -0.39 is 0 Å². The first-order valence-corrected chi connectivity index (χ1v) is 6.76. The van der Waals surface area contributed by atoms with Gasteiger partial charge in [0.2, 0.25) is 0 Å². The number of aliphatic hydroxyl groups is 1. The maximum atomic E-state index is 12.1. The molecule has 1 atom stereocenters. The van der Waals surface area contributed by atoms with Gasteiger partial charge in [-0.05, 0) is 30.0 Å². The molecule has 0 aliphatic carbocycles. The highest BCUT2D eigenvalue weighted by molar-refractivity contribution is 7.12. The van der Waals surface area contributed by atoms with Crippen molar-refractivity contribution >= 4 is 17.2 Å². The Hall–Kier alpha value is -1.59. The third kappa shape index (κ3) is 2.63. The van der Waals surface area contributed by atoms with E-state index in [0.717, 1.165) is 5.69 Å². The van der Waals surface area contributed by atoms with Gasteiger partial charge in [-0.3, -0.25) is 4.79 Å². The fraction of sp³-hybridized carbons (Fsp3) is 0.308. The zero-order valence-corrected chi connectivity index (χ0v) is 11.0. The summed E-state index contributed by atoms with van der Waals surface area (Å²) < 4.78 is 1.91. The molecule has 96 valence electrons. The average Bonchev–Trinajstić information content (AvgIpc) is 3.04. The van der Waals surface area contributed by atoms with Crippen LogP contribution in [0.3, 0.4) is 0 Å². The molecule has 2 aromatic heterocycles. The molecule has 0 aromatic carbocycles. The predicted octanol–water partition coefficient (Wildman–Crippen LogP) is 2.04. The van der Waals surface area contributed by atoms with Crippen molar-refractivity contribution in [2.45, 2.75) is 19.4 Å². The zero-order valence-electron chi connectivity index (χ0n) is 10.2. The number of aromatic nitrogens is 1. The summed E-state index contributed by atoms with van der Waals surface area (Å²) in [6.07, 6.45) is 4.52. The first-order valence-electron chi connectivity index (χ1n) is 5.88. The second-order valence-electron chi connectivity index (χ2n) is 3.99. The van der Waals surface area contributed by atoms with Gasteiger partial charge >= 0.3 is 0 Å². The summed E-state index contributed by atoms with van der Waals surface area (Å²) in [5.41, 5.74) is 0.871. The van der Waals surface area contributed by atoms with Crippen molar-refractivity contribution in [3.05, 3.63) is 40.8 Å². The number of aliphatic hydroxyl groups excluding tert-OH is 1. The van der Waals surface area contributed by atoms with Gasteiger partial charge in [-0.25, -0.2) is 0 Å². The quantitative estimate of drug-likeness (QED) is 0.868. The van der Waals surface area contributed by atoms with Gasteiger partial charge < -0.3 is 15.0 Å². The van der Waals surface area contributed by atoms with Gasteiger partial charge in [0.25, 0.3) is 5.91 Å². The Balaban J connectivity index is 2.19. The molecule has 0 radical (unpaired) electrons. The highest BCUT2D eigenvalue weighted by Gasteiger charge is 2.16. The highest BCUT2D eigenvalue weighted by atomic mass is 32.1. The van der Waals surface area contributed by atoms with Crippen molar-refractivity contribution in [1.29, 1.82) is 0 Å². The molecule has 0 aliphatic rings. The van der Waals surface area contributed by atoms with E-state index in [9.17, 15) is 4.79 Å². The summed E-state index contributed by atoms with van der Waals surface area (Å²) in [7, 11) is 0. The Morgan fingerprint density at radius 1 is 1.50 bits per heavy atom. The first-order chi connectivity index (χ1) is 8.76. The van der Waals surface area contributed by atoms with E-state index in [1.54, 1.807) is 0 Å². The Morgan fingerprint density at radius 3 is 2.83 bits per heavy atom. The van der Waals surface area contributed by atoms with E-state index in [-0.39, 0.29) is 18.6 Å². The minimum absolute atomic E-state index is 0.0352. The maximum absolute atomic E-state index is 12.1. The number of hydrogen-bond donors (Lipinski definition) is 2. The Morgan fingerprint density at radius 2 is 2.22 bits per heavy atom. The Bertz CT molecular complexity index is 501. The molecular formula is C13H16N2O2S. The van der Waals surface area contributed by atoms with Crippen molar-refractivity contribution in [3.8, 4) is 5.69 Å². The van der Waals surface area contributed by atoms with Gasteiger partial charge in [-0.15, -0.1) is 11.3 Å². The van der Waals surface area contributed by atoms with Crippen molar-refractivity contribution in [2.75, 3.05) is 6.61 Å². The van der Waals surface area contributed by atoms with Crippen molar-refractivity contribution in [2.24, 2.45) is 0 Å². The van der Waals surface area contributed by atoms with E-state index in [0.29, 0.717) is 11.3 Å². The fourth-order valence-corrected chi connectivity index (χ4v) is 2.49. The average molecular weight is 264 g/mol. The third-order valence-corrected chi connectivity index (χ3v) is 3.68. The molecule has 5 heteroatoms. The molecule has 1 amide bonds. The highest BCUT2D eigenvalue weighted by Crippen LogP contribution is 2.21. The summed E-state index contributed by atoms with van der Waals surface area (Å²) in [5, 5.41) is 13.8. The summed E-state index contributed by atoms with van der Waals surface area (Å²) in [5.74, 6) is -0.130. The molecule has 0 aliphatic heterocycles. The van der Waals surface area contributed by atoms with E-state index >= 15 is 0 Å². The van der Waals surface area contributed by atoms with Gasteiger partial charge in [0.1, 0.15) is 4.88 Å². The van der Waals surface area contributed by atoms with Gasteiger partial charge in [-0.1, -0.05) is 6.92 Å². The molecule has 0 bridgehead atoms. The summed E-state index contributed by atoms with van der Waals surface area (Å²) >= 11 is 1.40. The van der Waals surface area contributed by atoms with Crippen molar-refractivity contribution in [1.82, 2.24) is 9.88 Å². The normalized spacial score (nSPS) is 12.3. The Kier molecular flexibility index (Phi) is 4.17. The molecule has 2 N–H and O–H groups in total. The number of carbonyl (C=O) groups is 1. The summed E-state index contributed by atoms with van der Waals surface area (Å²) in [4.78, 5) is 12.8. The van der Waals surface area contributed by atoms with E-state index in [1.165, 1.54) is 11.3 Å². The fourth-order valence-electron chi connectivity index (χ4n) is 1.70. The molecule has 0 saturated heterocycles. The second kappa shape index (κ2) is 5.84. The number of rotatable bonds is 5. The molecule has 0 saturated carbocycles. The third-order valence-electron chi connectivity index (χ3n) is 2.78. The number of nitrogens with zero attached hydrogens (tertiary/aromatic N) is 1. The SMILES string of the molecule is CC[C@H](CO)NC(=O)c1sccc1-n1cccc1. The Labute approximate surface area is 110 Å². The van der Waals surface area contributed by atoms with Gasteiger partial charge in [0.15, 0.2) is 0 Å². The smallest absolute Gasteiger partial charge is 0.263 e. The van der Waals surface area contributed by atoms with Crippen LogP contribution in [0.1, 0.15) is 23.0 Å². The lowest BCUT2D eigenvalue weighted by molar-refractivity contribution is 0.0919. The van der Waals surface area contributed by atoms with Crippen LogP contribution >= 0.6 is 11.3 Å². The molecule has 2 aromatic rings. The van der Waals surface area contributed by atoms with Gasteiger partial charge in [-0.2, -0.15) is 0 Å². The molecule has 0 spiro atoms. The van der Waals surface area contributed by atoms with Crippen molar-refractivity contribution in [3.63, 3.8) is 0 Å². The van der Waals surface area contributed by atoms with Crippen LogP contribution in [-0.4, -0.2) is 28.2 Å². The van der Waals surface area contributed by atoms with Crippen LogP contribution in [0, 0.1) is 0 Å². The zero-order chi connectivity index (χ0) is 13.0. The molecule has 2 rings (SSSR count). The van der Waals surface area contributed by atoms with Crippen LogP contribution in [0.15, 0.2) is 36.0 Å². The largest absolute Gasteiger partial charge is 0.394 e. The van der Waals surface area contributed by atoms with E-state index in [4.69, 9.17) is 5.11 Å². The molecular weight excluding hydrogens is 248 g/mol. The van der Waals surface area contributed by atoms with E-state index in [2.05, 4.69) is 5.32 Å². The minimum atomic E-state index is -0.183. The number of hydrogen-bond acceptors (Lipinski definition) is 3. The topological polar surface area (TPSA) is 54.3 Å². The maximum Gasteiger partial charge on any atom is 0.263 e. The molecule has 18 heavy (non-hydrogen) atoms. The number of nitrogens with one attached hydrogen (secondary N) is 1. The minimum Gasteiger partial charge on any atom is -0.394 e. The van der Waals surface area contributed by atoms with Crippen LogP contribution in [-0.2, 0) is 0 Å². The predicted molar refractivity (Wildman–Crippen MR) is 72.3 cm³/mol. The lowest BCUT2D eigenvalue weighted by Crippen LogP contribution is -2.36. The van der Waals surface area contributed by atoms with Gasteiger partial charge in [0, 0.05) is 12.4 Å². The summed E-state index contributed by atoms with van der Waals surface area (Å²) in [6.45, 7) is 1.90.